The molecule has 0 heterocycles. The maximum absolute atomic E-state index is 13.0. The van der Waals surface area contributed by atoms with Crippen molar-refractivity contribution in [1.82, 2.24) is 0 Å². The Kier molecular flexibility index (Phi) is 6.56. The minimum absolute atomic E-state index is 0.240. The Hall–Kier alpha value is -1.88. The van der Waals surface area contributed by atoms with E-state index < -0.39 is 5.83 Å². The van der Waals surface area contributed by atoms with Gasteiger partial charge in [0.15, 0.2) is 0 Å². The Labute approximate surface area is 134 Å². The first kappa shape index (κ1) is 18.2. The minimum Gasteiger partial charge on any atom is -0.195 e. The van der Waals surface area contributed by atoms with Crippen LogP contribution in [0, 0.1) is 16.7 Å². The molecule has 0 amide bonds. The van der Waals surface area contributed by atoms with Gasteiger partial charge in [0.2, 0.25) is 5.83 Å². The smallest absolute Gasteiger partial charge is 0.195 e. The van der Waals surface area contributed by atoms with Crippen molar-refractivity contribution < 1.29 is 4.39 Å². The number of hydrogen-bond donors (Lipinski definition) is 0. The van der Waals surface area contributed by atoms with Crippen LogP contribution in [0.15, 0.2) is 58.5 Å². The molecule has 0 aromatic heterocycles. The van der Waals surface area contributed by atoms with Crippen molar-refractivity contribution in [3.63, 3.8) is 0 Å². The van der Waals surface area contributed by atoms with Crippen molar-refractivity contribution >= 4 is 0 Å². The Morgan fingerprint density at radius 2 is 1.95 bits per heavy atom. The molecule has 22 heavy (non-hydrogen) atoms. The van der Waals surface area contributed by atoms with E-state index in [0.29, 0.717) is 5.57 Å². The van der Waals surface area contributed by atoms with Gasteiger partial charge in [-0.2, -0.15) is 9.65 Å². The van der Waals surface area contributed by atoms with E-state index in [-0.39, 0.29) is 5.41 Å². The van der Waals surface area contributed by atoms with E-state index in [4.69, 9.17) is 5.26 Å². The van der Waals surface area contributed by atoms with Crippen LogP contribution in [0.3, 0.4) is 0 Å². The molecule has 118 valence electrons. The molecule has 0 bridgehead atoms. The van der Waals surface area contributed by atoms with E-state index in [9.17, 15) is 4.39 Å². The lowest BCUT2D eigenvalue weighted by atomic mass is 9.72. The molecule has 0 aromatic rings. The van der Waals surface area contributed by atoms with Gasteiger partial charge < -0.3 is 0 Å². The van der Waals surface area contributed by atoms with Gasteiger partial charge in [0.25, 0.3) is 0 Å². The van der Waals surface area contributed by atoms with E-state index in [1.54, 1.807) is 19.1 Å². The molecular weight excluding hydrogens is 273 g/mol. The number of rotatable bonds is 4. The third kappa shape index (κ3) is 5.15. The lowest BCUT2D eigenvalue weighted by molar-refractivity contribution is 0.377. The molecule has 0 saturated carbocycles. The summed E-state index contributed by atoms with van der Waals surface area (Å²) in [5, 5.41) is 8.47. The van der Waals surface area contributed by atoms with Crippen LogP contribution in [0.25, 0.3) is 0 Å². The maximum Gasteiger partial charge on any atom is 0.202 e. The third-order valence-electron chi connectivity index (χ3n) is 4.21. The second-order valence-electron chi connectivity index (χ2n) is 6.64. The van der Waals surface area contributed by atoms with Gasteiger partial charge in [0, 0.05) is 0 Å². The number of nitriles is 1. The van der Waals surface area contributed by atoms with Gasteiger partial charge in [-0.15, -0.1) is 0 Å². The van der Waals surface area contributed by atoms with Crippen molar-refractivity contribution in [2.24, 2.45) is 5.41 Å². The summed E-state index contributed by atoms with van der Waals surface area (Å²) in [4.78, 5) is 0. The quantitative estimate of drug-likeness (QED) is 0.439. The van der Waals surface area contributed by atoms with Gasteiger partial charge in [0.1, 0.15) is 6.07 Å². The zero-order chi connectivity index (χ0) is 16.8. The summed E-state index contributed by atoms with van der Waals surface area (Å²) >= 11 is 0. The minimum atomic E-state index is -0.734. The fourth-order valence-corrected chi connectivity index (χ4v) is 2.79. The number of halogens is 1. The van der Waals surface area contributed by atoms with Crippen LogP contribution in [0.4, 0.5) is 4.39 Å². The Morgan fingerprint density at radius 1 is 1.27 bits per heavy atom. The molecule has 1 nitrogen and oxygen atoms in total. The summed E-state index contributed by atoms with van der Waals surface area (Å²) in [5.41, 5.74) is 4.60. The average Bonchev–Trinajstić information content (AvgIpc) is 2.45. The molecule has 0 fully saturated rings. The van der Waals surface area contributed by atoms with Crippen molar-refractivity contribution in [3.8, 4) is 6.07 Å². The van der Waals surface area contributed by atoms with Crippen molar-refractivity contribution in [2.45, 2.75) is 53.9 Å². The number of nitrogens with zero attached hydrogens (tertiary/aromatic N) is 1. The standard InChI is InChI=1S/C20H26FN/c1-15(8-6-9-17(3)19(21)14-22)11-12-18-16(2)10-7-13-20(18,4)5/h6,8-9,11-12H,7,10,13H2,1-5H3/b9-6+,12-11+,15-8+,19-17-. The normalized spacial score (nSPS) is 20.5. The lowest BCUT2D eigenvalue weighted by Gasteiger charge is -2.32. The first-order valence-electron chi connectivity index (χ1n) is 7.77. The van der Waals surface area contributed by atoms with Crippen LogP contribution in [0.2, 0.25) is 0 Å². The SMILES string of the molecule is CC1=C(/C=C/C(C)=C/C=C/C(C)=C(\F)C#N)C(C)(C)CCC1. The number of hydrogen-bond acceptors (Lipinski definition) is 1. The molecule has 0 N–H and O–H groups in total. The van der Waals surface area contributed by atoms with Gasteiger partial charge in [-0.25, -0.2) is 0 Å². The monoisotopic (exact) mass is 299 g/mol. The summed E-state index contributed by atoms with van der Waals surface area (Å²) in [5.74, 6) is -0.734. The zero-order valence-corrected chi connectivity index (χ0v) is 14.3. The second-order valence-corrected chi connectivity index (χ2v) is 6.64. The van der Waals surface area contributed by atoms with Gasteiger partial charge in [0.05, 0.1) is 0 Å². The molecule has 1 rings (SSSR count). The molecular formula is C20H26FN. The van der Waals surface area contributed by atoms with Crippen LogP contribution in [-0.4, -0.2) is 0 Å². The van der Waals surface area contributed by atoms with Crippen molar-refractivity contribution in [2.75, 3.05) is 0 Å². The molecule has 1 aliphatic carbocycles. The molecule has 1 aliphatic rings. The highest BCUT2D eigenvalue weighted by Gasteiger charge is 2.26. The molecule has 2 heteroatoms. The van der Waals surface area contributed by atoms with Crippen LogP contribution in [0.5, 0.6) is 0 Å². The van der Waals surface area contributed by atoms with Gasteiger partial charge in [-0.1, -0.05) is 55.4 Å². The highest BCUT2D eigenvalue weighted by molar-refractivity contribution is 5.37. The average molecular weight is 299 g/mol. The van der Waals surface area contributed by atoms with E-state index in [0.717, 1.165) is 5.57 Å². The summed E-state index contributed by atoms with van der Waals surface area (Å²) in [6.07, 6.45) is 13.3. The van der Waals surface area contributed by atoms with Crippen LogP contribution in [-0.2, 0) is 0 Å². The van der Waals surface area contributed by atoms with Gasteiger partial charge in [-0.3, -0.25) is 0 Å². The van der Waals surface area contributed by atoms with Crippen LogP contribution < -0.4 is 0 Å². The highest BCUT2D eigenvalue weighted by atomic mass is 19.1. The topological polar surface area (TPSA) is 23.8 Å². The molecule has 0 atom stereocenters. The van der Waals surface area contributed by atoms with E-state index in [1.807, 2.05) is 13.0 Å². The lowest BCUT2D eigenvalue weighted by Crippen LogP contribution is -2.19. The molecule has 0 radical (unpaired) electrons. The first-order valence-corrected chi connectivity index (χ1v) is 7.77. The Bertz CT molecular complexity index is 604. The first-order chi connectivity index (χ1) is 10.3. The third-order valence-corrected chi connectivity index (χ3v) is 4.21. The second kappa shape index (κ2) is 7.94. The largest absolute Gasteiger partial charge is 0.202 e. The molecule has 0 spiro atoms. The Balaban J connectivity index is 2.84. The summed E-state index contributed by atoms with van der Waals surface area (Å²) in [6.45, 7) is 10.4. The van der Waals surface area contributed by atoms with Crippen molar-refractivity contribution in [3.05, 3.63) is 58.5 Å². The Morgan fingerprint density at radius 3 is 2.55 bits per heavy atom. The fraction of sp³-hybridized carbons (Fsp3) is 0.450. The fourth-order valence-electron chi connectivity index (χ4n) is 2.79. The summed E-state index contributed by atoms with van der Waals surface area (Å²) in [6, 6.07) is 1.51. The molecule has 0 saturated heterocycles. The van der Waals surface area contributed by atoms with Crippen LogP contribution >= 0.6 is 0 Å². The summed E-state index contributed by atoms with van der Waals surface area (Å²) in [7, 11) is 0. The predicted octanol–water partition coefficient (Wildman–Crippen LogP) is 6.34. The number of allylic oxidation sites excluding steroid dienone is 10. The van der Waals surface area contributed by atoms with Gasteiger partial charge in [-0.05, 0) is 56.6 Å². The van der Waals surface area contributed by atoms with Gasteiger partial charge >= 0.3 is 0 Å². The van der Waals surface area contributed by atoms with E-state index in [1.165, 1.54) is 36.5 Å². The summed E-state index contributed by atoms with van der Waals surface area (Å²) < 4.78 is 13.0. The zero-order valence-electron chi connectivity index (χ0n) is 14.3. The molecule has 0 aromatic carbocycles. The molecule has 0 unspecified atom stereocenters. The van der Waals surface area contributed by atoms with Crippen molar-refractivity contribution in [1.29, 1.82) is 5.26 Å². The van der Waals surface area contributed by atoms with E-state index >= 15 is 0 Å². The maximum atomic E-state index is 13.0. The highest BCUT2D eigenvalue weighted by Crippen LogP contribution is 2.40. The van der Waals surface area contributed by atoms with Crippen LogP contribution in [0.1, 0.15) is 53.9 Å². The predicted molar refractivity (Wildman–Crippen MR) is 91.8 cm³/mol. The molecule has 0 aliphatic heterocycles. The van der Waals surface area contributed by atoms with E-state index in [2.05, 4.69) is 32.9 Å².